The van der Waals surface area contributed by atoms with Crippen molar-refractivity contribution in [1.29, 1.82) is 0 Å². The van der Waals surface area contributed by atoms with Gasteiger partial charge in [-0.05, 0) is 6.92 Å². The van der Waals surface area contributed by atoms with Crippen molar-refractivity contribution >= 4 is 0 Å². The number of hydrogen-bond donors (Lipinski definition) is 2. The Morgan fingerprint density at radius 2 is 2.56 bits per heavy atom. The van der Waals surface area contributed by atoms with E-state index in [0.29, 0.717) is 12.6 Å². The zero-order valence-electron chi connectivity index (χ0n) is 5.63. The van der Waals surface area contributed by atoms with Crippen LogP contribution < -0.4 is 5.32 Å². The first-order chi connectivity index (χ1) is 4.33. The van der Waals surface area contributed by atoms with Crippen molar-refractivity contribution in [3.63, 3.8) is 0 Å². The van der Waals surface area contributed by atoms with Gasteiger partial charge in [0.1, 0.15) is 0 Å². The van der Waals surface area contributed by atoms with Crippen LogP contribution in [0.25, 0.3) is 0 Å². The van der Waals surface area contributed by atoms with Gasteiger partial charge in [-0.3, -0.25) is 0 Å². The Labute approximate surface area is 55.0 Å². The lowest BCUT2D eigenvalue weighted by molar-refractivity contribution is -0.0222. The Balaban J connectivity index is 2.18. The van der Waals surface area contributed by atoms with Crippen LogP contribution in [-0.2, 0) is 4.74 Å². The number of ether oxygens (including phenoxy) is 1. The maximum absolute atomic E-state index is 8.61. The van der Waals surface area contributed by atoms with E-state index >= 15 is 0 Å². The summed E-state index contributed by atoms with van der Waals surface area (Å²) in [6, 6.07) is 0.438. The molecule has 0 saturated carbocycles. The minimum atomic E-state index is 0.0150. The highest BCUT2D eigenvalue weighted by molar-refractivity contribution is 4.71. The van der Waals surface area contributed by atoms with Gasteiger partial charge in [0.2, 0.25) is 0 Å². The summed E-state index contributed by atoms with van der Waals surface area (Å²) in [5, 5.41) is 11.8. The van der Waals surface area contributed by atoms with Crippen LogP contribution >= 0.6 is 0 Å². The Morgan fingerprint density at radius 1 is 1.78 bits per heavy atom. The minimum absolute atomic E-state index is 0.0150. The molecule has 1 aliphatic rings. The van der Waals surface area contributed by atoms with Gasteiger partial charge in [0.25, 0.3) is 0 Å². The number of aliphatic hydroxyl groups is 1. The van der Waals surface area contributed by atoms with Crippen molar-refractivity contribution in [2.45, 2.75) is 19.1 Å². The van der Waals surface area contributed by atoms with Crippen molar-refractivity contribution in [2.75, 3.05) is 19.8 Å². The third-order valence-electron chi connectivity index (χ3n) is 1.48. The number of morpholine rings is 1. The molecule has 0 aromatic heterocycles. The molecule has 0 aromatic rings. The highest BCUT2D eigenvalue weighted by Gasteiger charge is 2.15. The molecule has 1 rings (SSSR count). The molecule has 3 heteroatoms. The van der Waals surface area contributed by atoms with E-state index in [4.69, 9.17) is 9.84 Å². The lowest BCUT2D eigenvalue weighted by Gasteiger charge is -2.26. The van der Waals surface area contributed by atoms with Gasteiger partial charge >= 0.3 is 0 Å². The van der Waals surface area contributed by atoms with Gasteiger partial charge < -0.3 is 15.2 Å². The molecule has 0 amide bonds. The quantitative estimate of drug-likeness (QED) is 0.497. The fourth-order valence-corrected chi connectivity index (χ4v) is 0.848. The third-order valence-corrected chi connectivity index (χ3v) is 1.48. The van der Waals surface area contributed by atoms with Crippen LogP contribution in [0.2, 0.25) is 0 Å². The number of rotatable bonds is 1. The summed E-state index contributed by atoms with van der Waals surface area (Å²) in [6.45, 7) is 3.68. The van der Waals surface area contributed by atoms with Gasteiger partial charge in [-0.15, -0.1) is 0 Å². The van der Waals surface area contributed by atoms with E-state index in [1.807, 2.05) is 0 Å². The van der Waals surface area contributed by atoms with E-state index in [1.54, 1.807) is 0 Å². The predicted molar refractivity (Wildman–Crippen MR) is 34.3 cm³/mol. The molecular weight excluding hydrogens is 118 g/mol. The fourth-order valence-electron chi connectivity index (χ4n) is 0.848. The van der Waals surface area contributed by atoms with E-state index in [2.05, 4.69) is 12.2 Å². The summed E-state index contributed by atoms with van der Waals surface area (Å²) >= 11 is 0. The molecule has 0 unspecified atom stereocenters. The van der Waals surface area contributed by atoms with Crippen molar-refractivity contribution in [3.05, 3.63) is 0 Å². The van der Waals surface area contributed by atoms with Crippen molar-refractivity contribution in [1.82, 2.24) is 5.32 Å². The Bertz CT molecular complexity index is 79.1. The van der Waals surface area contributed by atoms with E-state index in [-0.39, 0.29) is 12.7 Å². The molecule has 1 aliphatic heterocycles. The molecular formula is C6H13NO2. The van der Waals surface area contributed by atoms with Gasteiger partial charge in [-0.25, -0.2) is 0 Å². The second-order valence-corrected chi connectivity index (χ2v) is 2.45. The van der Waals surface area contributed by atoms with Crippen LogP contribution in [0.4, 0.5) is 0 Å². The summed E-state index contributed by atoms with van der Waals surface area (Å²) in [5.41, 5.74) is 0. The Kier molecular flexibility index (Phi) is 2.45. The molecule has 3 nitrogen and oxygen atoms in total. The van der Waals surface area contributed by atoms with Gasteiger partial charge in [-0.2, -0.15) is 0 Å². The molecule has 2 atom stereocenters. The first kappa shape index (κ1) is 6.99. The summed E-state index contributed by atoms with van der Waals surface area (Å²) in [6.07, 6.45) is 0.0150. The molecule has 2 N–H and O–H groups in total. The summed E-state index contributed by atoms with van der Waals surface area (Å²) in [5.74, 6) is 0. The maximum Gasteiger partial charge on any atom is 0.0930 e. The topological polar surface area (TPSA) is 41.5 Å². The monoisotopic (exact) mass is 131 g/mol. The third kappa shape index (κ3) is 1.93. The second kappa shape index (κ2) is 3.15. The molecule has 0 bridgehead atoms. The SMILES string of the molecule is C[C@H]1CO[C@H](CO)CN1. The Hall–Kier alpha value is -0.120. The van der Waals surface area contributed by atoms with Crippen LogP contribution in [0.1, 0.15) is 6.92 Å². The van der Waals surface area contributed by atoms with E-state index < -0.39 is 0 Å². The molecule has 9 heavy (non-hydrogen) atoms. The van der Waals surface area contributed by atoms with E-state index in [9.17, 15) is 0 Å². The summed E-state index contributed by atoms with van der Waals surface area (Å²) in [7, 11) is 0. The van der Waals surface area contributed by atoms with Gasteiger partial charge in [0, 0.05) is 12.6 Å². The maximum atomic E-state index is 8.61. The standard InChI is InChI=1S/C6H13NO2/c1-5-4-9-6(3-8)2-7-5/h5-8H,2-4H2,1H3/t5-,6-/m0/s1. The molecule has 54 valence electrons. The zero-order valence-corrected chi connectivity index (χ0v) is 5.63. The summed E-state index contributed by atoms with van der Waals surface area (Å²) in [4.78, 5) is 0. The average molecular weight is 131 g/mol. The number of aliphatic hydroxyl groups excluding tert-OH is 1. The molecule has 1 saturated heterocycles. The Morgan fingerprint density at radius 3 is 3.00 bits per heavy atom. The average Bonchev–Trinajstić information content (AvgIpc) is 1.90. The molecule has 0 aromatic carbocycles. The van der Waals surface area contributed by atoms with Crippen LogP contribution in [-0.4, -0.2) is 37.0 Å². The van der Waals surface area contributed by atoms with Crippen molar-refractivity contribution < 1.29 is 9.84 Å². The van der Waals surface area contributed by atoms with Crippen LogP contribution in [0.3, 0.4) is 0 Å². The molecule has 1 fully saturated rings. The normalized spacial score (nSPS) is 36.7. The smallest absolute Gasteiger partial charge is 0.0930 e. The van der Waals surface area contributed by atoms with Gasteiger partial charge in [-0.1, -0.05) is 0 Å². The zero-order chi connectivity index (χ0) is 6.69. The van der Waals surface area contributed by atoms with Crippen molar-refractivity contribution in [2.24, 2.45) is 0 Å². The fraction of sp³-hybridized carbons (Fsp3) is 1.00. The largest absolute Gasteiger partial charge is 0.394 e. The number of hydrogen-bond acceptors (Lipinski definition) is 3. The van der Waals surface area contributed by atoms with Gasteiger partial charge in [0.05, 0.1) is 19.3 Å². The second-order valence-electron chi connectivity index (χ2n) is 2.45. The highest BCUT2D eigenvalue weighted by atomic mass is 16.5. The van der Waals surface area contributed by atoms with Crippen LogP contribution in [0.15, 0.2) is 0 Å². The van der Waals surface area contributed by atoms with Crippen molar-refractivity contribution in [3.8, 4) is 0 Å². The van der Waals surface area contributed by atoms with E-state index in [0.717, 1.165) is 6.54 Å². The van der Waals surface area contributed by atoms with Gasteiger partial charge in [0.15, 0.2) is 0 Å². The molecule has 0 radical (unpaired) electrons. The first-order valence-electron chi connectivity index (χ1n) is 3.28. The molecule has 0 spiro atoms. The lowest BCUT2D eigenvalue weighted by Crippen LogP contribution is -2.46. The van der Waals surface area contributed by atoms with E-state index in [1.165, 1.54) is 0 Å². The lowest BCUT2D eigenvalue weighted by atomic mass is 10.2. The van der Waals surface area contributed by atoms with Crippen LogP contribution in [0, 0.1) is 0 Å². The number of nitrogens with one attached hydrogen (secondary N) is 1. The molecule has 0 aliphatic carbocycles. The highest BCUT2D eigenvalue weighted by Crippen LogP contribution is 1.98. The van der Waals surface area contributed by atoms with Crippen LogP contribution in [0.5, 0.6) is 0 Å². The predicted octanol–water partition coefficient (Wildman–Crippen LogP) is -0.644. The first-order valence-corrected chi connectivity index (χ1v) is 3.28. The summed E-state index contributed by atoms with van der Waals surface area (Å²) < 4.78 is 5.23. The minimum Gasteiger partial charge on any atom is -0.394 e. The molecule has 1 heterocycles.